The minimum absolute atomic E-state index is 0.0891. The van der Waals surface area contributed by atoms with Crippen LogP contribution < -0.4 is 14.8 Å². The van der Waals surface area contributed by atoms with E-state index in [1.807, 2.05) is 39.8 Å². The molecule has 1 aromatic rings. The molecule has 0 unspecified atom stereocenters. The molecule has 0 bridgehead atoms. The smallest absolute Gasteiger partial charge is 0.331 e. The van der Waals surface area contributed by atoms with Crippen molar-refractivity contribution in [3.8, 4) is 17.6 Å². The normalized spacial score (nSPS) is 17.2. The SMILES string of the molecule is CCOc1cc2c(cc1/C=C/C(=O)OCC(=O)N[C@](C)(C#N)C(C)C)O[C@@H](C)C2. The first-order chi connectivity index (χ1) is 13.7. The molecule has 2 atom stereocenters. The van der Waals surface area contributed by atoms with Crippen molar-refractivity contribution in [2.45, 2.75) is 52.7 Å². The fourth-order valence-electron chi connectivity index (χ4n) is 2.84. The van der Waals surface area contributed by atoms with E-state index in [1.54, 1.807) is 13.0 Å². The van der Waals surface area contributed by atoms with Crippen LogP contribution in [0, 0.1) is 17.2 Å². The zero-order valence-corrected chi connectivity index (χ0v) is 17.6. The number of rotatable bonds is 8. The molecule has 1 N–H and O–H groups in total. The Kier molecular flexibility index (Phi) is 7.27. The molecule has 0 aliphatic carbocycles. The lowest BCUT2D eigenvalue weighted by Crippen LogP contribution is -2.50. The van der Waals surface area contributed by atoms with Crippen molar-refractivity contribution >= 4 is 18.0 Å². The third-order valence-corrected chi connectivity index (χ3v) is 4.86. The second-order valence-corrected chi connectivity index (χ2v) is 7.52. The number of benzene rings is 1. The van der Waals surface area contributed by atoms with Crippen molar-refractivity contribution in [2.24, 2.45) is 5.92 Å². The van der Waals surface area contributed by atoms with Gasteiger partial charge in [0, 0.05) is 23.6 Å². The molecule has 1 aliphatic rings. The van der Waals surface area contributed by atoms with E-state index in [0.29, 0.717) is 17.9 Å². The molecule has 2 rings (SSSR count). The predicted octanol–water partition coefficient (Wildman–Crippen LogP) is 3.02. The highest BCUT2D eigenvalue weighted by Crippen LogP contribution is 2.35. The molecule has 0 saturated heterocycles. The van der Waals surface area contributed by atoms with Gasteiger partial charge in [0.2, 0.25) is 0 Å². The molecule has 7 nitrogen and oxygen atoms in total. The summed E-state index contributed by atoms with van der Waals surface area (Å²) in [6.07, 6.45) is 3.73. The standard InChI is InChI=1S/C22H28N2O5/c1-6-27-18-11-17-9-15(4)29-19(17)10-16(18)7-8-21(26)28-12-20(25)24-22(5,13-23)14(2)3/h7-8,10-11,14-15H,6,9,12H2,1-5H3,(H,24,25)/b8-7+/t15-,22+/m0/s1. The van der Waals surface area contributed by atoms with Crippen molar-refractivity contribution in [1.29, 1.82) is 5.26 Å². The van der Waals surface area contributed by atoms with Crippen LogP contribution in [0.4, 0.5) is 0 Å². The first-order valence-corrected chi connectivity index (χ1v) is 9.72. The monoisotopic (exact) mass is 400 g/mol. The maximum Gasteiger partial charge on any atom is 0.331 e. The number of carbonyl (C=O) groups is 2. The number of hydrogen-bond acceptors (Lipinski definition) is 6. The van der Waals surface area contributed by atoms with Crippen LogP contribution in [0.25, 0.3) is 6.08 Å². The summed E-state index contributed by atoms with van der Waals surface area (Å²) in [5, 5.41) is 11.8. The number of hydrogen-bond donors (Lipinski definition) is 1. The summed E-state index contributed by atoms with van der Waals surface area (Å²) in [5.41, 5.74) is 0.744. The molecule has 0 radical (unpaired) electrons. The minimum atomic E-state index is -1.02. The van der Waals surface area contributed by atoms with Crippen molar-refractivity contribution in [2.75, 3.05) is 13.2 Å². The minimum Gasteiger partial charge on any atom is -0.493 e. The lowest BCUT2D eigenvalue weighted by atomic mass is 9.90. The molecule has 0 aromatic heterocycles. The average Bonchev–Trinajstić information content (AvgIpc) is 3.03. The Morgan fingerprint density at radius 1 is 1.45 bits per heavy atom. The Hall–Kier alpha value is -3.01. The van der Waals surface area contributed by atoms with Gasteiger partial charge in [0.05, 0.1) is 12.7 Å². The molecule has 0 saturated carbocycles. The molecule has 1 heterocycles. The van der Waals surface area contributed by atoms with Crippen LogP contribution in [0.15, 0.2) is 18.2 Å². The van der Waals surface area contributed by atoms with Crippen LogP contribution in [0.3, 0.4) is 0 Å². The summed E-state index contributed by atoms with van der Waals surface area (Å²) in [7, 11) is 0. The summed E-state index contributed by atoms with van der Waals surface area (Å²) < 4.78 is 16.4. The van der Waals surface area contributed by atoms with Gasteiger partial charge in [-0.2, -0.15) is 5.26 Å². The van der Waals surface area contributed by atoms with Crippen LogP contribution >= 0.6 is 0 Å². The van der Waals surface area contributed by atoms with Gasteiger partial charge in [-0.1, -0.05) is 13.8 Å². The number of nitrogens with zero attached hydrogens (tertiary/aromatic N) is 1. The first-order valence-electron chi connectivity index (χ1n) is 9.72. The van der Waals surface area contributed by atoms with Crippen molar-refractivity contribution in [3.63, 3.8) is 0 Å². The molecule has 7 heteroatoms. The van der Waals surface area contributed by atoms with Gasteiger partial charge in [0.25, 0.3) is 5.91 Å². The van der Waals surface area contributed by atoms with Gasteiger partial charge in [0.15, 0.2) is 6.61 Å². The Morgan fingerprint density at radius 2 is 2.17 bits per heavy atom. The summed E-state index contributed by atoms with van der Waals surface area (Å²) >= 11 is 0. The van der Waals surface area contributed by atoms with E-state index in [1.165, 1.54) is 6.08 Å². The topological polar surface area (TPSA) is 97.6 Å². The largest absolute Gasteiger partial charge is 0.493 e. The summed E-state index contributed by atoms with van der Waals surface area (Å²) in [6.45, 7) is 9.20. The van der Waals surface area contributed by atoms with Gasteiger partial charge in [-0.05, 0) is 44.9 Å². The predicted molar refractivity (Wildman–Crippen MR) is 108 cm³/mol. The zero-order chi connectivity index (χ0) is 21.6. The highest BCUT2D eigenvalue weighted by Gasteiger charge is 2.30. The lowest BCUT2D eigenvalue weighted by molar-refractivity contribution is -0.144. The molecular formula is C22H28N2O5. The fourth-order valence-corrected chi connectivity index (χ4v) is 2.84. The van der Waals surface area contributed by atoms with Crippen LogP contribution in [-0.4, -0.2) is 36.7 Å². The highest BCUT2D eigenvalue weighted by molar-refractivity contribution is 5.90. The van der Waals surface area contributed by atoms with E-state index in [0.717, 1.165) is 17.7 Å². The molecule has 0 fully saturated rings. The molecule has 1 aliphatic heterocycles. The Labute approximate surface area is 171 Å². The van der Waals surface area contributed by atoms with E-state index in [9.17, 15) is 14.9 Å². The number of esters is 1. The number of ether oxygens (including phenoxy) is 3. The van der Waals surface area contributed by atoms with Crippen molar-refractivity contribution in [3.05, 3.63) is 29.3 Å². The number of fused-ring (bicyclic) bond motifs is 1. The van der Waals surface area contributed by atoms with Crippen molar-refractivity contribution in [1.82, 2.24) is 5.32 Å². The van der Waals surface area contributed by atoms with E-state index in [2.05, 4.69) is 11.4 Å². The van der Waals surface area contributed by atoms with Gasteiger partial charge in [-0.25, -0.2) is 4.79 Å². The molecule has 1 aromatic carbocycles. The molecule has 156 valence electrons. The first kappa shape index (κ1) is 22.3. The van der Waals surface area contributed by atoms with Gasteiger partial charge >= 0.3 is 5.97 Å². The van der Waals surface area contributed by atoms with Gasteiger partial charge in [-0.15, -0.1) is 0 Å². The van der Waals surface area contributed by atoms with Crippen LogP contribution in [0.2, 0.25) is 0 Å². The Bertz CT molecular complexity index is 840. The molecule has 1 amide bonds. The van der Waals surface area contributed by atoms with E-state index in [4.69, 9.17) is 14.2 Å². The Balaban J connectivity index is 2.00. The maximum absolute atomic E-state index is 12.0. The third kappa shape index (κ3) is 5.74. The van der Waals surface area contributed by atoms with E-state index >= 15 is 0 Å². The Morgan fingerprint density at radius 3 is 2.79 bits per heavy atom. The van der Waals surface area contributed by atoms with Crippen molar-refractivity contribution < 1.29 is 23.8 Å². The quantitative estimate of drug-likeness (QED) is 0.532. The second-order valence-electron chi connectivity index (χ2n) is 7.52. The number of nitrogens with one attached hydrogen (secondary N) is 1. The summed E-state index contributed by atoms with van der Waals surface area (Å²) in [6, 6.07) is 5.83. The fraction of sp³-hybridized carbons (Fsp3) is 0.500. The maximum atomic E-state index is 12.0. The van der Waals surface area contributed by atoms with Gasteiger partial charge < -0.3 is 19.5 Å². The highest BCUT2D eigenvalue weighted by atomic mass is 16.5. The van der Waals surface area contributed by atoms with Gasteiger partial charge in [-0.3, -0.25) is 4.79 Å². The average molecular weight is 400 g/mol. The summed E-state index contributed by atoms with van der Waals surface area (Å²) in [4.78, 5) is 24.0. The lowest BCUT2D eigenvalue weighted by Gasteiger charge is -2.27. The van der Waals surface area contributed by atoms with Crippen LogP contribution in [-0.2, 0) is 20.7 Å². The third-order valence-electron chi connectivity index (χ3n) is 4.86. The van der Waals surface area contributed by atoms with E-state index < -0.39 is 24.0 Å². The summed E-state index contributed by atoms with van der Waals surface area (Å²) in [5.74, 6) is 0.152. The molecule has 0 spiro atoms. The molecule has 29 heavy (non-hydrogen) atoms. The number of nitriles is 1. The van der Waals surface area contributed by atoms with Crippen LogP contribution in [0.5, 0.6) is 11.5 Å². The van der Waals surface area contributed by atoms with E-state index in [-0.39, 0.29) is 12.0 Å². The van der Waals surface area contributed by atoms with Crippen LogP contribution in [0.1, 0.15) is 45.7 Å². The number of amides is 1. The molecular weight excluding hydrogens is 372 g/mol. The second kappa shape index (κ2) is 9.46. The van der Waals surface area contributed by atoms with Gasteiger partial charge in [0.1, 0.15) is 23.1 Å². The number of carbonyl (C=O) groups excluding carboxylic acids is 2. The zero-order valence-electron chi connectivity index (χ0n) is 17.6.